The fraction of sp³-hybridized carbons (Fsp3) is 0.333. The van der Waals surface area contributed by atoms with Crippen LogP contribution in [0.5, 0.6) is 0 Å². The van der Waals surface area contributed by atoms with Gasteiger partial charge in [-0.25, -0.2) is 0 Å². The van der Waals surface area contributed by atoms with Gasteiger partial charge in [0.2, 0.25) is 5.78 Å². The molecule has 1 N–H and O–H groups in total. The summed E-state index contributed by atoms with van der Waals surface area (Å²) in [6.45, 7) is 0.888. The average Bonchev–Trinajstić information content (AvgIpc) is 2.95. The molecule has 0 aliphatic heterocycles. The van der Waals surface area contributed by atoms with Crippen LogP contribution in [-0.4, -0.2) is 44.7 Å². The predicted octanol–water partition coefficient (Wildman–Crippen LogP) is 0.532. The first-order chi connectivity index (χ1) is 8.24. The van der Waals surface area contributed by atoms with Gasteiger partial charge in [0.25, 0.3) is 0 Å². The molecule has 0 bridgehead atoms. The van der Waals surface area contributed by atoms with Gasteiger partial charge in [-0.2, -0.15) is 20.5 Å². The van der Waals surface area contributed by atoms with Crippen LogP contribution in [0.4, 0.5) is 0 Å². The largest absolute Gasteiger partial charge is 0.383 e. The number of ketones is 1. The van der Waals surface area contributed by atoms with E-state index in [0.29, 0.717) is 13.2 Å². The Kier molecular flexibility index (Phi) is 3.50. The second-order valence-electron chi connectivity index (χ2n) is 3.24. The molecule has 0 aliphatic carbocycles. The molecule has 0 saturated heterocycles. The molecule has 8 heteroatoms. The Morgan fingerprint density at radius 1 is 1.59 bits per heavy atom. The third-order valence-corrected chi connectivity index (χ3v) is 2.44. The van der Waals surface area contributed by atoms with Gasteiger partial charge in [0, 0.05) is 7.11 Å². The number of nitrogens with one attached hydrogen (secondary N) is 1. The van der Waals surface area contributed by atoms with E-state index in [9.17, 15) is 4.79 Å². The third kappa shape index (κ3) is 2.34. The summed E-state index contributed by atoms with van der Waals surface area (Å²) < 4.78 is 6.42. The van der Waals surface area contributed by atoms with Crippen molar-refractivity contribution >= 4 is 17.4 Å². The van der Waals surface area contributed by atoms with Crippen molar-refractivity contribution in [3.63, 3.8) is 0 Å². The van der Waals surface area contributed by atoms with Gasteiger partial charge in [0.05, 0.1) is 30.6 Å². The molecule has 0 unspecified atom stereocenters. The van der Waals surface area contributed by atoms with Gasteiger partial charge in [-0.15, -0.1) is 0 Å². The normalized spacial score (nSPS) is 10.7. The lowest BCUT2D eigenvalue weighted by molar-refractivity contribution is 0.102. The minimum Gasteiger partial charge on any atom is -0.383 e. The van der Waals surface area contributed by atoms with E-state index in [1.54, 1.807) is 7.11 Å². The molecule has 0 aromatic carbocycles. The highest BCUT2D eigenvalue weighted by molar-refractivity contribution is 6.34. The van der Waals surface area contributed by atoms with Gasteiger partial charge in [-0.1, -0.05) is 11.6 Å². The van der Waals surface area contributed by atoms with E-state index in [4.69, 9.17) is 16.3 Å². The van der Waals surface area contributed by atoms with Gasteiger partial charge in [-0.3, -0.25) is 9.48 Å². The van der Waals surface area contributed by atoms with E-state index >= 15 is 0 Å². The van der Waals surface area contributed by atoms with Gasteiger partial charge in [-0.05, 0) is 0 Å². The lowest BCUT2D eigenvalue weighted by Gasteiger charge is -2.04. The topological polar surface area (TPSA) is 85.7 Å². The van der Waals surface area contributed by atoms with E-state index in [1.165, 1.54) is 17.1 Å². The van der Waals surface area contributed by atoms with Gasteiger partial charge < -0.3 is 4.74 Å². The van der Waals surface area contributed by atoms with Crippen LogP contribution in [0.1, 0.15) is 16.2 Å². The van der Waals surface area contributed by atoms with E-state index in [1.807, 2.05) is 0 Å². The molecular weight excluding hydrogens is 246 g/mol. The second kappa shape index (κ2) is 5.07. The predicted molar refractivity (Wildman–Crippen MR) is 58.9 cm³/mol. The maximum absolute atomic E-state index is 12.1. The molecule has 2 aromatic rings. The SMILES string of the molecule is COCCn1ncc(Cl)c1C(=O)c1cn[nH]n1. The third-order valence-electron chi connectivity index (χ3n) is 2.16. The summed E-state index contributed by atoms with van der Waals surface area (Å²) in [6, 6.07) is 0. The molecule has 0 aliphatic rings. The quantitative estimate of drug-likeness (QED) is 0.788. The minimum absolute atomic E-state index is 0.200. The maximum atomic E-state index is 12.1. The number of H-pyrrole nitrogens is 1. The van der Waals surface area contributed by atoms with E-state index in [-0.39, 0.29) is 22.2 Å². The summed E-state index contributed by atoms with van der Waals surface area (Å²) in [6.07, 6.45) is 2.76. The standard InChI is InChI=1S/C9H10ClN5O2/c1-17-3-2-15-8(6(10)4-12-15)9(16)7-5-11-14-13-7/h4-5H,2-3H2,1H3,(H,11,13,14). The Balaban J connectivity index is 2.31. The molecule has 0 amide bonds. The Morgan fingerprint density at radius 3 is 3.06 bits per heavy atom. The van der Waals surface area contributed by atoms with Crippen LogP contribution in [0.25, 0.3) is 0 Å². The summed E-state index contributed by atoms with van der Waals surface area (Å²) in [4.78, 5) is 12.1. The maximum Gasteiger partial charge on any atom is 0.234 e. The van der Waals surface area contributed by atoms with E-state index < -0.39 is 0 Å². The highest BCUT2D eigenvalue weighted by atomic mass is 35.5. The average molecular weight is 256 g/mol. The zero-order valence-electron chi connectivity index (χ0n) is 9.05. The van der Waals surface area contributed by atoms with Gasteiger partial charge in [0.1, 0.15) is 5.69 Å². The van der Waals surface area contributed by atoms with Gasteiger partial charge in [0.15, 0.2) is 5.69 Å². The summed E-state index contributed by atoms with van der Waals surface area (Å²) in [5, 5.41) is 14.0. The summed E-state index contributed by atoms with van der Waals surface area (Å²) >= 11 is 5.93. The van der Waals surface area contributed by atoms with Crippen molar-refractivity contribution in [1.82, 2.24) is 25.2 Å². The van der Waals surface area contributed by atoms with Crippen molar-refractivity contribution in [2.45, 2.75) is 6.54 Å². The Labute approximate surface area is 102 Å². The van der Waals surface area contributed by atoms with Gasteiger partial charge >= 0.3 is 0 Å². The fourth-order valence-corrected chi connectivity index (χ4v) is 1.59. The first kappa shape index (κ1) is 11.7. The van der Waals surface area contributed by atoms with Crippen LogP contribution in [0.2, 0.25) is 5.02 Å². The number of nitrogens with zero attached hydrogens (tertiary/aromatic N) is 4. The molecule has 2 heterocycles. The summed E-state index contributed by atoms with van der Waals surface area (Å²) in [5.41, 5.74) is 0.490. The van der Waals surface area contributed by atoms with Crippen LogP contribution in [0, 0.1) is 0 Å². The highest BCUT2D eigenvalue weighted by Gasteiger charge is 2.20. The van der Waals surface area contributed by atoms with Crippen LogP contribution in [-0.2, 0) is 11.3 Å². The monoisotopic (exact) mass is 255 g/mol. The number of methoxy groups -OCH3 is 1. The number of carbonyl (C=O) groups is 1. The number of carbonyl (C=O) groups excluding carboxylic acids is 1. The molecule has 0 fully saturated rings. The number of hydrogen-bond donors (Lipinski definition) is 1. The lowest BCUT2D eigenvalue weighted by Crippen LogP contribution is -2.15. The van der Waals surface area contributed by atoms with Crippen molar-refractivity contribution in [3.05, 3.63) is 28.8 Å². The molecule has 0 atom stereocenters. The molecule has 0 radical (unpaired) electrons. The van der Waals surface area contributed by atoms with Crippen molar-refractivity contribution in [2.75, 3.05) is 13.7 Å². The zero-order chi connectivity index (χ0) is 12.3. The van der Waals surface area contributed by atoms with Crippen molar-refractivity contribution in [2.24, 2.45) is 0 Å². The minimum atomic E-state index is -0.322. The summed E-state index contributed by atoms with van der Waals surface area (Å²) in [7, 11) is 1.57. The smallest absolute Gasteiger partial charge is 0.234 e. The lowest BCUT2D eigenvalue weighted by atomic mass is 10.2. The number of aromatic nitrogens is 5. The summed E-state index contributed by atoms with van der Waals surface area (Å²) in [5.74, 6) is -0.322. The Bertz CT molecular complexity index is 507. The number of halogens is 1. The van der Waals surface area contributed by atoms with E-state index in [2.05, 4.69) is 20.5 Å². The zero-order valence-corrected chi connectivity index (χ0v) is 9.81. The Hall–Kier alpha value is -1.73. The first-order valence-electron chi connectivity index (χ1n) is 4.84. The molecule has 90 valence electrons. The van der Waals surface area contributed by atoms with Crippen molar-refractivity contribution in [3.8, 4) is 0 Å². The van der Waals surface area contributed by atoms with Crippen molar-refractivity contribution in [1.29, 1.82) is 0 Å². The van der Waals surface area contributed by atoms with E-state index in [0.717, 1.165) is 0 Å². The Morgan fingerprint density at radius 2 is 2.41 bits per heavy atom. The molecular formula is C9H10ClN5O2. The molecule has 7 nitrogen and oxygen atoms in total. The number of rotatable bonds is 5. The number of hydrogen-bond acceptors (Lipinski definition) is 5. The fourth-order valence-electron chi connectivity index (χ4n) is 1.37. The number of aromatic amines is 1. The first-order valence-corrected chi connectivity index (χ1v) is 5.22. The molecule has 0 saturated carbocycles. The van der Waals surface area contributed by atoms with Crippen LogP contribution in [0.3, 0.4) is 0 Å². The highest BCUT2D eigenvalue weighted by Crippen LogP contribution is 2.17. The van der Waals surface area contributed by atoms with Crippen LogP contribution in [0.15, 0.2) is 12.4 Å². The number of ether oxygens (including phenoxy) is 1. The molecule has 0 spiro atoms. The molecule has 17 heavy (non-hydrogen) atoms. The second-order valence-corrected chi connectivity index (χ2v) is 3.65. The van der Waals surface area contributed by atoms with Crippen LogP contribution < -0.4 is 0 Å². The van der Waals surface area contributed by atoms with Crippen molar-refractivity contribution < 1.29 is 9.53 Å². The molecule has 2 aromatic heterocycles. The molecule has 2 rings (SSSR count). The van der Waals surface area contributed by atoms with Crippen LogP contribution >= 0.6 is 11.6 Å².